The smallest absolute Gasteiger partial charge is 0.329 e. The van der Waals surface area contributed by atoms with Crippen LogP contribution in [0.15, 0.2) is 24.3 Å². The number of nitrogens with one attached hydrogen (secondary N) is 1. The first-order valence-electron chi connectivity index (χ1n) is 7.22. The van der Waals surface area contributed by atoms with Gasteiger partial charge in [0.1, 0.15) is 5.54 Å². The first kappa shape index (κ1) is 16.0. The summed E-state index contributed by atoms with van der Waals surface area (Å²) in [6.45, 7) is 0. The van der Waals surface area contributed by atoms with Gasteiger partial charge in [-0.15, -0.1) is 0 Å². The van der Waals surface area contributed by atoms with Crippen molar-refractivity contribution in [2.24, 2.45) is 0 Å². The summed E-state index contributed by atoms with van der Waals surface area (Å²) in [5, 5.41) is 30.8. The third-order valence-electron chi connectivity index (χ3n) is 4.08. The third-order valence-corrected chi connectivity index (χ3v) is 4.08. The summed E-state index contributed by atoms with van der Waals surface area (Å²) in [6, 6.07) is 7.91. The maximum absolute atomic E-state index is 12.2. The average Bonchev–Trinajstić information content (AvgIpc) is 2.55. The van der Waals surface area contributed by atoms with Crippen LogP contribution in [0.5, 0.6) is 0 Å². The topological polar surface area (TPSA) is 110 Å². The largest absolute Gasteiger partial charge is 0.480 e. The fraction of sp³-hybridized carbons (Fsp3) is 0.438. The maximum Gasteiger partial charge on any atom is 0.329 e. The number of carbonyl (C=O) groups is 2. The molecule has 0 heterocycles. The van der Waals surface area contributed by atoms with Crippen molar-refractivity contribution >= 4 is 11.9 Å². The van der Waals surface area contributed by atoms with Crippen LogP contribution < -0.4 is 5.32 Å². The number of aliphatic hydroxyl groups is 1. The number of carboxylic acids is 1. The number of carbonyl (C=O) groups excluding carboxylic acids is 1. The van der Waals surface area contributed by atoms with Crippen molar-refractivity contribution in [1.29, 1.82) is 5.26 Å². The van der Waals surface area contributed by atoms with E-state index in [2.05, 4.69) is 5.32 Å². The quantitative estimate of drug-likeness (QED) is 0.780. The van der Waals surface area contributed by atoms with Crippen molar-refractivity contribution in [2.45, 2.75) is 43.7 Å². The van der Waals surface area contributed by atoms with Crippen LogP contribution in [-0.4, -0.2) is 27.6 Å². The summed E-state index contributed by atoms with van der Waals surface area (Å²) in [4.78, 5) is 23.7. The SMILES string of the molecule is N#Cc1ccc(C(O)C(=O)NC2(C(=O)O)CCCCC2)cc1. The van der Waals surface area contributed by atoms with Gasteiger partial charge in [-0.1, -0.05) is 31.4 Å². The van der Waals surface area contributed by atoms with Crippen LogP contribution in [0.1, 0.15) is 49.3 Å². The van der Waals surface area contributed by atoms with Gasteiger partial charge in [-0.2, -0.15) is 5.26 Å². The molecule has 22 heavy (non-hydrogen) atoms. The van der Waals surface area contributed by atoms with E-state index in [0.29, 0.717) is 24.0 Å². The van der Waals surface area contributed by atoms with E-state index in [0.717, 1.165) is 19.3 Å². The first-order chi connectivity index (χ1) is 10.5. The Bertz CT molecular complexity index is 598. The van der Waals surface area contributed by atoms with Crippen LogP contribution in [0, 0.1) is 11.3 Å². The minimum atomic E-state index is -1.45. The molecule has 3 N–H and O–H groups in total. The highest BCUT2D eigenvalue weighted by atomic mass is 16.4. The number of aliphatic carboxylic acids is 1. The summed E-state index contributed by atoms with van der Waals surface area (Å²) in [5.74, 6) is -1.79. The number of benzene rings is 1. The van der Waals surface area contributed by atoms with E-state index in [-0.39, 0.29) is 0 Å². The number of aliphatic hydroxyl groups excluding tert-OH is 1. The fourth-order valence-corrected chi connectivity index (χ4v) is 2.74. The lowest BCUT2D eigenvalue weighted by Crippen LogP contribution is -2.56. The van der Waals surface area contributed by atoms with E-state index in [1.807, 2.05) is 6.07 Å². The van der Waals surface area contributed by atoms with Gasteiger partial charge >= 0.3 is 5.97 Å². The van der Waals surface area contributed by atoms with E-state index >= 15 is 0 Å². The number of hydrogen-bond donors (Lipinski definition) is 3. The molecule has 116 valence electrons. The monoisotopic (exact) mass is 302 g/mol. The molecule has 0 spiro atoms. The standard InChI is InChI=1S/C16H18N2O4/c17-10-11-4-6-12(7-5-11)13(19)14(20)18-16(15(21)22)8-2-1-3-9-16/h4-7,13,19H,1-3,8-9H2,(H,18,20)(H,21,22). The molecule has 1 saturated carbocycles. The molecule has 6 nitrogen and oxygen atoms in total. The molecule has 1 amide bonds. The summed E-state index contributed by atoms with van der Waals surface area (Å²) in [7, 11) is 0. The second-order valence-corrected chi connectivity index (χ2v) is 5.57. The maximum atomic E-state index is 12.2. The van der Waals surface area contributed by atoms with E-state index in [1.165, 1.54) is 24.3 Å². The van der Waals surface area contributed by atoms with Crippen molar-refractivity contribution in [3.8, 4) is 6.07 Å². The molecule has 1 aromatic carbocycles. The molecule has 1 aliphatic carbocycles. The molecule has 1 atom stereocenters. The zero-order valence-corrected chi connectivity index (χ0v) is 12.1. The number of nitrogens with zero attached hydrogens (tertiary/aromatic N) is 1. The Morgan fingerprint density at radius 3 is 2.27 bits per heavy atom. The molecule has 0 aromatic heterocycles. The zero-order chi connectivity index (χ0) is 16.2. The van der Waals surface area contributed by atoms with Gasteiger partial charge < -0.3 is 15.5 Å². The van der Waals surface area contributed by atoms with Crippen molar-refractivity contribution in [3.63, 3.8) is 0 Å². The summed E-state index contributed by atoms with van der Waals surface area (Å²) in [6.07, 6.45) is 1.70. The summed E-state index contributed by atoms with van der Waals surface area (Å²) in [5.41, 5.74) is -0.540. The molecule has 1 fully saturated rings. The number of rotatable bonds is 4. The predicted octanol–water partition coefficient (Wildman–Crippen LogP) is 1.50. The molecule has 1 aromatic rings. The molecule has 1 unspecified atom stereocenters. The highest BCUT2D eigenvalue weighted by molar-refractivity contribution is 5.89. The third kappa shape index (κ3) is 3.26. The molecule has 2 rings (SSSR count). The van der Waals surface area contributed by atoms with Gasteiger partial charge in [-0.3, -0.25) is 4.79 Å². The van der Waals surface area contributed by atoms with E-state index in [4.69, 9.17) is 5.26 Å². The Morgan fingerprint density at radius 1 is 1.18 bits per heavy atom. The molecule has 0 aliphatic heterocycles. The average molecular weight is 302 g/mol. The normalized spacial score (nSPS) is 18.0. The molecule has 0 radical (unpaired) electrons. The van der Waals surface area contributed by atoms with Crippen LogP contribution in [0.2, 0.25) is 0 Å². The number of amides is 1. The van der Waals surface area contributed by atoms with Crippen molar-refractivity contribution < 1.29 is 19.8 Å². The predicted molar refractivity (Wildman–Crippen MR) is 77.7 cm³/mol. The molecule has 6 heteroatoms. The lowest BCUT2D eigenvalue weighted by atomic mass is 9.81. The van der Waals surface area contributed by atoms with Crippen LogP contribution in [0.25, 0.3) is 0 Å². The molecular formula is C16H18N2O4. The number of carboxylic acid groups (broad SMARTS) is 1. The molecule has 0 bridgehead atoms. The van der Waals surface area contributed by atoms with Crippen LogP contribution in [0.4, 0.5) is 0 Å². The summed E-state index contributed by atoms with van der Waals surface area (Å²) >= 11 is 0. The van der Waals surface area contributed by atoms with Gasteiger partial charge in [0.05, 0.1) is 11.6 Å². The Hall–Kier alpha value is -2.39. The van der Waals surface area contributed by atoms with Crippen molar-refractivity contribution in [1.82, 2.24) is 5.32 Å². The fourth-order valence-electron chi connectivity index (χ4n) is 2.74. The van der Waals surface area contributed by atoms with E-state index < -0.39 is 23.5 Å². The van der Waals surface area contributed by atoms with Crippen LogP contribution in [-0.2, 0) is 9.59 Å². The second kappa shape index (κ2) is 6.58. The minimum absolute atomic E-state index is 0.327. The van der Waals surface area contributed by atoms with Crippen LogP contribution >= 0.6 is 0 Å². The van der Waals surface area contributed by atoms with Crippen LogP contribution in [0.3, 0.4) is 0 Å². The van der Waals surface area contributed by atoms with Crippen molar-refractivity contribution in [3.05, 3.63) is 35.4 Å². The highest BCUT2D eigenvalue weighted by Crippen LogP contribution is 2.29. The van der Waals surface area contributed by atoms with Gasteiger partial charge in [0, 0.05) is 0 Å². The van der Waals surface area contributed by atoms with E-state index in [1.54, 1.807) is 0 Å². The first-order valence-corrected chi connectivity index (χ1v) is 7.22. The molecular weight excluding hydrogens is 284 g/mol. The Morgan fingerprint density at radius 2 is 1.77 bits per heavy atom. The van der Waals surface area contributed by atoms with Gasteiger partial charge in [-0.05, 0) is 30.5 Å². The lowest BCUT2D eigenvalue weighted by molar-refractivity contribution is -0.151. The minimum Gasteiger partial charge on any atom is -0.480 e. The number of hydrogen-bond acceptors (Lipinski definition) is 4. The zero-order valence-electron chi connectivity index (χ0n) is 12.1. The molecule has 1 aliphatic rings. The van der Waals surface area contributed by atoms with Gasteiger partial charge in [0.25, 0.3) is 5.91 Å². The Labute approximate surface area is 128 Å². The van der Waals surface area contributed by atoms with Gasteiger partial charge in [0.2, 0.25) is 0 Å². The van der Waals surface area contributed by atoms with Crippen molar-refractivity contribution in [2.75, 3.05) is 0 Å². The number of nitriles is 1. The lowest BCUT2D eigenvalue weighted by Gasteiger charge is -2.34. The van der Waals surface area contributed by atoms with E-state index in [9.17, 15) is 19.8 Å². The van der Waals surface area contributed by atoms with Gasteiger partial charge in [0.15, 0.2) is 6.10 Å². The highest BCUT2D eigenvalue weighted by Gasteiger charge is 2.42. The Kier molecular flexibility index (Phi) is 4.78. The summed E-state index contributed by atoms with van der Waals surface area (Å²) < 4.78 is 0. The van der Waals surface area contributed by atoms with Gasteiger partial charge in [-0.25, -0.2) is 4.79 Å². The molecule has 0 saturated heterocycles. The second-order valence-electron chi connectivity index (χ2n) is 5.57. The Balaban J connectivity index is 2.12.